The Bertz CT molecular complexity index is 724. The third kappa shape index (κ3) is 6.38. The van der Waals surface area contributed by atoms with Gasteiger partial charge >= 0.3 is 0 Å². The molecule has 1 atom stereocenters. The lowest BCUT2D eigenvalue weighted by Gasteiger charge is -2.38. The number of nitrogens with two attached hydrogens (primary N) is 1. The summed E-state index contributed by atoms with van der Waals surface area (Å²) in [5, 5.41) is 3.18. The van der Waals surface area contributed by atoms with Crippen molar-refractivity contribution in [1.29, 1.82) is 0 Å². The molecule has 2 aromatic carbocycles. The summed E-state index contributed by atoms with van der Waals surface area (Å²) in [5.74, 6) is 0.481. The normalized spacial score (nSPS) is 16.4. The molecule has 1 unspecified atom stereocenters. The minimum atomic E-state index is 0. The molecule has 0 saturated carbocycles. The number of rotatable bonds is 6. The zero-order chi connectivity index (χ0) is 19.1. The molecule has 1 aliphatic heterocycles. The average Bonchev–Trinajstić information content (AvgIpc) is 2.73. The summed E-state index contributed by atoms with van der Waals surface area (Å²) in [6.45, 7) is 9.29. The van der Waals surface area contributed by atoms with Crippen molar-refractivity contribution in [1.82, 2.24) is 4.90 Å². The second-order valence-corrected chi connectivity index (χ2v) is 7.11. The topological polar surface area (TPSA) is 56.9 Å². The van der Waals surface area contributed by atoms with Gasteiger partial charge in [0.25, 0.3) is 0 Å². The Balaban J connectivity index is 0.00000280. The van der Waals surface area contributed by atoms with E-state index in [-0.39, 0.29) is 24.0 Å². The molecule has 0 amide bonds. The van der Waals surface area contributed by atoms with Crippen molar-refractivity contribution < 1.29 is 0 Å². The average molecular weight is 493 g/mol. The maximum Gasteiger partial charge on any atom is 0.193 e. The van der Waals surface area contributed by atoms with Gasteiger partial charge in [0.1, 0.15) is 0 Å². The molecule has 28 heavy (non-hydrogen) atoms. The fourth-order valence-corrected chi connectivity index (χ4v) is 3.42. The fourth-order valence-electron chi connectivity index (χ4n) is 3.42. The van der Waals surface area contributed by atoms with Gasteiger partial charge in [-0.25, -0.2) is 0 Å². The van der Waals surface area contributed by atoms with Crippen molar-refractivity contribution in [3.63, 3.8) is 0 Å². The van der Waals surface area contributed by atoms with Crippen LogP contribution in [0.15, 0.2) is 59.6 Å². The molecule has 152 valence electrons. The van der Waals surface area contributed by atoms with Gasteiger partial charge in [0.2, 0.25) is 0 Å². The highest BCUT2D eigenvalue weighted by Crippen LogP contribution is 2.16. The lowest BCUT2D eigenvalue weighted by Crippen LogP contribution is -2.50. The molecule has 3 N–H and O–H groups in total. The highest BCUT2D eigenvalue weighted by Gasteiger charge is 2.20. The Morgan fingerprint density at radius 3 is 2.29 bits per heavy atom. The lowest BCUT2D eigenvalue weighted by molar-refractivity contribution is 0.201. The number of guanidine groups is 1. The summed E-state index contributed by atoms with van der Waals surface area (Å²) in [5.41, 5.74) is 9.68. The van der Waals surface area contributed by atoms with Gasteiger partial charge in [-0.1, -0.05) is 37.3 Å². The molecule has 0 aromatic heterocycles. The standard InChI is InChI=1S/C22H31N5.HI/c1-3-19-9-11-20(12-10-19)25-22(23)24-17-18(2)26-13-15-27(16-14-26)21-7-5-4-6-8-21;/h4-12,18H,3,13-17H2,1-2H3,(H3,23,24,25);1H. The highest BCUT2D eigenvalue weighted by atomic mass is 127. The molecule has 6 heteroatoms. The summed E-state index contributed by atoms with van der Waals surface area (Å²) in [6, 6.07) is 19.3. The van der Waals surface area contributed by atoms with Crippen LogP contribution in [-0.4, -0.2) is 49.6 Å². The smallest absolute Gasteiger partial charge is 0.193 e. The molecular weight excluding hydrogens is 461 g/mol. The van der Waals surface area contributed by atoms with Crippen molar-refractivity contribution in [2.75, 3.05) is 42.9 Å². The summed E-state index contributed by atoms with van der Waals surface area (Å²) >= 11 is 0. The van der Waals surface area contributed by atoms with E-state index in [2.05, 4.69) is 76.4 Å². The van der Waals surface area contributed by atoms with E-state index >= 15 is 0 Å². The number of piperazine rings is 1. The van der Waals surface area contributed by atoms with E-state index in [1.54, 1.807) is 0 Å². The van der Waals surface area contributed by atoms with Crippen molar-refractivity contribution in [3.05, 3.63) is 60.2 Å². The van der Waals surface area contributed by atoms with E-state index in [0.29, 0.717) is 18.5 Å². The predicted molar refractivity (Wildman–Crippen MR) is 131 cm³/mol. The minimum absolute atomic E-state index is 0. The van der Waals surface area contributed by atoms with Gasteiger partial charge < -0.3 is 16.0 Å². The van der Waals surface area contributed by atoms with Gasteiger partial charge in [-0.2, -0.15) is 0 Å². The molecule has 5 nitrogen and oxygen atoms in total. The SMILES string of the molecule is CCc1ccc(NC(N)=NCC(C)N2CCN(c3ccccc3)CC2)cc1.I. The van der Waals surface area contributed by atoms with E-state index in [9.17, 15) is 0 Å². The predicted octanol–water partition coefficient (Wildman–Crippen LogP) is 3.80. The number of hydrogen-bond acceptors (Lipinski definition) is 3. The van der Waals surface area contributed by atoms with Gasteiger partial charge in [0.05, 0.1) is 6.54 Å². The van der Waals surface area contributed by atoms with Crippen molar-refractivity contribution in [2.24, 2.45) is 10.7 Å². The number of hydrogen-bond donors (Lipinski definition) is 2. The Morgan fingerprint density at radius 2 is 1.68 bits per heavy atom. The Labute approximate surface area is 186 Å². The van der Waals surface area contributed by atoms with Crippen LogP contribution in [-0.2, 0) is 6.42 Å². The van der Waals surface area contributed by atoms with Crippen LogP contribution in [0.25, 0.3) is 0 Å². The fraction of sp³-hybridized carbons (Fsp3) is 0.409. The molecule has 1 fully saturated rings. The molecule has 0 aliphatic carbocycles. The maximum atomic E-state index is 6.06. The largest absolute Gasteiger partial charge is 0.370 e. The van der Waals surface area contributed by atoms with Gasteiger partial charge in [-0.3, -0.25) is 9.89 Å². The molecule has 0 radical (unpaired) electrons. The molecule has 1 saturated heterocycles. The number of benzene rings is 2. The van der Waals surface area contributed by atoms with Crippen molar-refractivity contribution in [3.8, 4) is 0 Å². The van der Waals surface area contributed by atoms with Gasteiger partial charge in [0, 0.05) is 43.6 Å². The number of para-hydroxylation sites is 1. The van der Waals surface area contributed by atoms with E-state index in [4.69, 9.17) is 5.73 Å². The molecule has 0 bridgehead atoms. The monoisotopic (exact) mass is 493 g/mol. The summed E-state index contributed by atoms with van der Waals surface area (Å²) in [6.07, 6.45) is 1.04. The van der Waals surface area contributed by atoms with E-state index in [0.717, 1.165) is 38.3 Å². The molecule has 1 aliphatic rings. The van der Waals surface area contributed by atoms with E-state index in [1.165, 1.54) is 11.3 Å². The van der Waals surface area contributed by atoms with Crippen LogP contribution >= 0.6 is 24.0 Å². The maximum absolute atomic E-state index is 6.06. The number of aryl methyl sites for hydroxylation is 1. The highest BCUT2D eigenvalue weighted by molar-refractivity contribution is 14.0. The number of halogens is 1. The third-order valence-electron chi connectivity index (χ3n) is 5.22. The van der Waals surface area contributed by atoms with Crippen LogP contribution in [0.4, 0.5) is 11.4 Å². The zero-order valence-electron chi connectivity index (χ0n) is 16.8. The second kappa shape index (κ2) is 11.3. The van der Waals surface area contributed by atoms with Crippen LogP contribution in [0.5, 0.6) is 0 Å². The van der Waals surface area contributed by atoms with Crippen LogP contribution < -0.4 is 16.0 Å². The summed E-state index contributed by atoms with van der Waals surface area (Å²) < 4.78 is 0. The van der Waals surface area contributed by atoms with Crippen molar-refractivity contribution >= 4 is 41.3 Å². The van der Waals surface area contributed by atoms with Gasteiger partial charge in [-0.15, -0.1) is 24.0 Å². The first-order valence-electron chi connectivity index (χ1n) is 9.85. The van der Waals surface area contributed by atoms with Crippen LogP contribution in [0.3, 0.4) is 0 Å². The molecule has 1 heterocycles. The summed E-state index contributed by atoms with van der Waals surface area (Å²) in [7, 11) is 0. The second-order valence-electron chi connectivity index (χ2n) is 7.11. The first-order valence-corrected chi connectivity index (χ1v) is 9.85. The molecule has 2 aromatic rings. The van der Waals surface area contributed by atoms with Crippen LogP contribution in [0.2, 0.25) is 0 Å². The molecule has 3 rings (SSSR count). The first-order chi connectivity index (χ1) is 13.2. The Morgan fingerprint density at radius 1 is 1.04 bits per heavy atom. The first kappa shape index (κ1) is 22.5. The Kier molecular flexibility index (Phi) is 9.05. The minimum Gasteiger partial charge on any atom is -0.370 e. The number of nitrogens with zero attached hydrogens (tertiary/aromatic N) is 3. The summed E-state index contributed by atoms with van der Waals surface area (Å²) in [4.78, 5) is 9.48. The lowest BCUT2D eigenvalue weighted by atomic mass is 10.1. The quantitative estimate of drug-likeness (QED) is 0.365. The molecule has 0 spiro atoms. The van der Waals surface area contributed by atoms with Crippen LogP contribution in [0, 0.1) is 0 Å². The number of nitrogens with one attached hydrogen (secondary N) is 1. The third-order valence-corrected chi connectivity index (χ3v) is 5.22. The van der Waals surface area contributed by atoms with E-state index in [1.807, 2.05) is 12.1 Å². The van der Waals surface area contributed by atoms with Crippen molar-refractivity contribution in [2.45, 2.75) is 26.3 Å². The molecular formula is C22H32IN5. The van der Waals surface area contributed by atoms with Crippen LogP contribution in [0.1, 0.15) is 19.4 Å². The zero-order valence-corrected chi connectivity index (χ0v) is 19.2. The number of aliphatic imine (C=N–C) groups is 1. The number of anilines is 2. The van der Waals surface area contributed by atoms with Gasteiger partial charge in [-0.05, 0) is 43.2 Å². The Hall–Kier alpha value is -1.80. The van der Waals surface area contributed by atoms with E-state index < -0.39 is 0 Å². The van der Waals surface area contributed by atoms with Gasteiger partial charge in [0.15, 0.2) is 5.96 Å².